The molecule has 1 aromatic rings. The van der Waals surface area contributed by atoms with E-state index in [1.807, 2.05) is 24.3 Å². The first kappa shape index (κ1) is 10.5. The minimum atomic E-state index is -1.14. The predicted octanol–water partition coefficient (Wildman–Crippen LogP) is 3.47. The van der Waals surface area contributed by atoms with Gasteiger partial charge in [0.05, 0.1) is 7.11 Å². The molecule has 2 heteroatoms. The molecule has 1 fully saturated rings. The summed E-state index contributed by atoms with van der Waals surface area (Å²) in [5.41, 5.74) is -0.295. The Morgan fingerprint density at radius 3 is 2.07 bits per heavy atom. The average Bonchev–Trinajstić information content (AvgIpc) is 2.98. The van der Waals surface area contributed by atoms with Crippen molar-refractivity contribution in [2.24, 2.45) is 0 Å². The standard InChI is InChI=1S/C13H17FO/c1-12(2,14)13(8-9-13)10-4-6-11(15-3)7-5-10/h4-7H,8-9H2,1-3H3. The first-order valence-corrected chi connectivity index (χ1v) is 5.33. The number of halogens is 1. The first-order valence-electron chi connectivity index (χ1n) is 5.33. The molecule has 1 saturated carbocycles. The first-order chi connectivity index (χ1) is 6.99. The van der Waals surface area contributed by atoms with Crippen molar-refractivity contribution < 1.29 is 9.13 Å². The minimum absolute atomic E-state index is 0.251. The molecule has 1 nitrogen and oxygen atoms in total. The maximum atomic E-state index is 14.1. The lowest BCUT2D eigenvalue weighted by Crippen LogP contribution is -2.31. The van der Waals surface area contributed by atoms with Crippen molar-refractivity contribution in [3.63, 3.8) is 0 Å². The maximum absolute atomic E-state index is 14.1. The van der Waals surface area contributed by atoms with Gasteiger partial charge in [0.25, 0.3) is 0 Å². The van der Waals surface area contributed by atoms with Crippen molar-refractivity contribution in [2.75, 3.05) is 7.11 Å². The highest BCUT2D eigenvalue weighted by molar-refractivity contribution is 5.38. The fourth-order valence-electron chi connectivity index (χ4n) is 2.26. The third-order valence-corrected chi connectivity index (χ3v) is 3.53. The van der Waals surface area contributed by atoms with E-state index in [1.165, 1.54) is 0 Å². The Morgan fingerprint density at radius 1 is 1.20 bits per heavy atom. The van der Waals surface area contributed by atoms with Gasteiger partial charge in [0, 0.05) is 5.41 Å². The summed E-state index contributed by atoms with van der Waals surface area (Å²) in [6, 6.07) is 7.77. The quantitative estimate of drug-likeness (QED) is 0.739. The smallest absolute Gasteiger partial charge is 0.118 e. The van der Waals surface area contributed by atoms with Gasteiger partial charge >= 0.3 is 0 Å². The predicted molar refractivity (Wildman–Crippen MR) is 59.1 cm³/mol. The minimum Gasteiger partial charge on any atom is -0.497 e. The van der Waals surface area contributed by atoms with Gasteiger partial charge in [-0.3, -0.25) is 0 Å². The van der Waals surface area contributed by atoms with E-state index < -0.39 is 5.67 Å². The fourth-order valence-corrected chi connectivity index (χ4v) is 2.26. The van der Waals surface area contributed by atoms with Crippen LogP contribution < -0.4 is 4.74 Å². The second-order valence-corrected chi connectivity index (χ2v) is 4.78. The van der Waals surface area contributed by atoms with Gasteiger partial charge in [-0.1, -0.05) is 12.1 Å². The molecule has 1 aromatic carbocycles. The van der Waals surface area contributed by atoms with Gasteiger partial charge in [0.15, 0.2) is 0 Å². The Morgan fingerprint density at radius 2 is 1.73 bits per heavy atom. The molecule has 1 aliphatic rings. The SMILES string of the molecule is COc1ccc(C2(C(C)(C)F)CC2)cc1. The third-order valence-electron chi connectivity index (χ3n) is 3.53. The second-order valence-electron chi connectivity index (χ2n) is 4.78. The Balaban J connectivity index is 2.30. The number of rotatable bonds is 3. The molecular formula is C13H17FO. The molecule has 0 atom stereocenters. The van der Waals surface area contributed by atoms with Crippen LogP contribution in [0.5, 0.6) is 5.75 Å². The number of hydrogen-bond donors (Lipinski definition) is 0. The van der Waals surface area contributed by atoms with Crippen molar-refractivity contribution in [1.29, 1.82) is 0 Å². The van der Waals surface area contributed by atoms with Gasteiger partial charge < -0.3 is 4.74 Å². The molecule has 0 amide bonds. The lowest BCUT2D eigenvalue weighted by atomic mass is 9.82. The van der Waals surface area contributed by atoms with Crippen LogP contribution in [0.4, 0.5) is 4.39 Å². The molecule has 82 valence electrons. The van der Waals surface area contributed by atoms with Crippen molar-refractivity contribution >= 4 is 0 Å². The van der Waals surface area contributed by atoms with Gasteiger partial charge in [0.2, 0.25) is 0 Å². The second kappa shape index (κ2) is 3.22. The molecule has 0 bridgehead atoms. The summed E-state index contributed by atoms with van der Waals surface area (Å²) in [6.45, 7) is 3.34. The molecular weight excluding hydrogens is 191 g/mol. The molecule has 0 aromatic heterocycles. The van der Waals surface area contributed by atoms with Gasteiger partial charge in [-0.05, 0) is 44.4 Å². The molecule has 2 rings (SSSR count). The van der Waals surface area contributed by atoms with Crippen molar-refractivity contribution in [3.8, 4) is 5.75 Å². The van der Waals surface area contributed by atoms with Crippen molar-refractivity contribution in [2.45, 2.75) is 37.8 Å². The van der Waals surface area contributed by atoms with E-state index in [9.17, 15) is 4.39 Å². The highest BCUT2D eigenvalue weighted by Gasteiger charge is 2.56. The third kappa shape index (κ3) is 1.62. The number of ether oxygens (including phenoxy) is 1. The van der Waals surface area contributed by atoms with Gasteiger partial charge in [-0.2, -0.15) is 0 Å². The monoisotopic (exact) mass is 208 g/mol. The molecule has 15 heavy (non-hydrogen) atoms. The lowest BCUT2D eigenvalue weighted by molar-refractivity contribution is 0.156. The summed E-state index contributed by atoms with van der Waals surface area (Å²) in [5, 5.41) is 0. The van der Waals surface area contributed by atoms with Crippen LogP contribution in [0.3, 0.4) is 0 Å². The number of alkyl halides is 1. The fraction of sp³-hybridized carbons (Fsp3) is 0.538. The molecule has 0 spiro atoms. The molecule has 0 heterocycles. The summed E-state index contributed by atoms with van der Waals surface area (Å²) < 4.78 is 19.2. The van der Waals surface area contributed by atoms with Crippen LogP contribution >= 0.6 is 0 Å². The van der Waals surface area contributed by atoms with Crippen LogP contribution in [0, 0.1) is 0 Å². The van der Waals surface area contributed by atoms with E-state index in [4.69, 9.17) is 4.74 Å². The van der Waals surface area contributed by atoms with E-state index in [1.54, 1.807) is 21.0 Å². The normalized spacial score (nSPS) is 18.7. The summed E-state index contributed by atoms with van der Waals surface area (Å²) in [5.74, 6) is 0.825. The van der Waals surface area contributed by atoms with E-state index in [0.717, 1.165) is 24.2 Å². The molecule has 0 aliphatic heterocycles. The van der Waals surface area contributed by atoms with Crippen LogP contribution in [0.25, 0.3) is 0 Å². The van der Waals surface area contributed by atoms with E-state index in [-0.39, 0.29) is 5.41 Å². The Hall–Kier alpha value is -1.05. The zero-order valence-corrected chi connectivity index (χ0v) is 9.51. The zero-order chi connectivity index (χ0) is 11.1. The maximum Gasteiger partial charge on any atom is 0.118 e. The molecule has 0 saturated heterocycles. The van der Waals surface area contributed by atoms with E-state index >= 15 is 0 Å². The average molecular weight is 208 g/mol. The van der Waals surface area contributed by atoms with Crippen LogP contribution in [-0.2, 0) is 5.41 Å². The molecule has 0 unspecified atom stereocenters. The highest BCUT2D eigenvalue weighted by atomic mass is 19.1. The van der Waals surface area contributed by atoms with Gasteiger partial charge in [-0.25, -0.2) is 4.39 Å². The lowest BCUT2D eigenvalue weighted by Gasteiger charge is -2.27. The highest BCUT2D eigenvalue weighted by Crippen LogP contribution is 2.57. The van der Waals surface area contributed by atoms with E-state index in [0.29, 0.717) is 0 Å². The van der Waals surface area contributed by atoms with Gasteiger partial charge in [-0.15, -0.1) is 0 Å². The van der Waals surface area contributed by atoms with Crippen LogP contribution in [0.15, 0.2) is 24.3 Å². The van der Waals surface area contributed by atoms with Crippen molar-refractivity contribution in [3.05, 3.63) is 29.8 Å². The number of hydrogen-bond acceptors (Lipinski definition) is 1. The summed E-state index contributed by atoms with van der Waals surface area (Å²) in [7, 11) is 1.64. The number of methoxy groups -OCH3 is 1. The Bertz CT molecular complexity index is 344. The molecule has 0 radical (unpaired) electrons. The van der Waals surface area contributed by atoms with Gasteiger partial charge in [0.1, 0.15) is 11.4 Å². The number of benzene rings is 1. The van der Waals surface area contributed by atoms with Crippen LogP contribution in [0.1, 0.15) is 32.3 Å². The van der Waals surface area contributed by atoms with Crippen LogP contribution in [-0.4, -0.2) is 12.8 Å². The molecule has 0 N–H and O–H groups in total. The van der Waals surface area contributed by atoms with Crippen molar-refractivity contribution in [1.82, 2.24) is 0 Å². The Labute approximate surface area is 90.3 Å². The Kier molecular flexibility index (Phi) is 2.25. The summed E-state index contributed by atoms with van der Waals surface area (Å²) in [4.78, 5) is 0. The zero-order valence-electron chi connectivity index (χ0n) is 9.51. The topological polar surface area (TPSA) is 9.23 Å². The summed E-state index contributed by atoms with van der Waals surface area (Å²) in [6.07, 6.45) is 1.89. The summed E-state index contributed by atoms with van der Waals surface area (Å²) >= 11 is 0. The van der Waals surface area contributed by atoms with Crippen LogP contribution in [0.2, 0.25) is 0 Å². The van der Waals surface area contributed by atoms with E-state index in [2.05, 4.69) is 0 Å². The molecule has 1 aliphatic carbocycles. The largest absolute Gasteiger partial charge is 0.497 e.